The number of anilines is 2. The van der Waals surface area contributed by atoms with Crippen LogP contribution in [0.3, 0.4) is 0 Å². The Kier molecular flexibility index (Phi) is 3.18. The van der Waals surface area contributed by atoms with Crippen molar-refractivity contribution in [1.29, 1.82) is 0 Å². The molecule has 0 aliphatic heterocycles. The quantitative estimate of drug-likeness (QED) is 0.801. The van der Waals surface area contributed by atoms with Crippen LogP contribution in [0.1, 0.15) is 10.4 Å². The van der Waals surface area contributed by atoms with Crippen LogP contribution in [0.5, 0.6) is 0 Å². The summed E-state index contributed by atoms with van der Waals surface area (Å²) in [5, 5.41) is 2.34. The van der Waals surface area contributed by atoms with Crippen molar-refractivity contribution in [3.63, 3.8) is 0 Å². The van der Waals surface area contributed by atoms with Crippen LogP contribution < -0.4 is 11.1 Å². The van der Waals surface area contributed by atoms with Gasteiger partial charge >= 0.3 is 0 Å². The fourth-order valence-electron chi connectivity index (χ4n) is 1.39. The molecule has 0 spiro atoms. The van der Waals surface area contributed by atoms with E-state index in [0.29, 0.717) is 0 Å². The largest absolute Gasteiger partial charge is 0.397 e. The highest BCUT2D eigenvalue weighted by Gasteiger charge is 2.13. The first kappa shape index (κ1) is 12.0. The van der Waals surface area contributed by atoms with Gasteiger partial charge in [-0.15, -0.1) is 0 Å². The van der Waals surface area contributed by atoms with Crippen molar-refractivity contribution in [2.45, 2.75) is 0 Å². The molecule has 18 heavy (non-hydrogen) atoms. The second kappa shape index (κ2) is 4.79. The molecule has 1 amide bonds. The Morgan fingerprint density at radius 3 is 2.78 bits per heavy atom. The first-order valence-electron chi connectivity index (χ1n) is 5.04. The molecule has 4 nitrogen and oxygen atoms in total. The molecule has 0 unspecified atom stereocenters. The second-order valence-electron chi connectivity index (χ2n) is 3.54. The van der Waals surface area contributed by atoms with Gasteiger partial charge in [0, 0.05) is 6.20 Å². The summed E-state index contributed by atoms with van der Waals surface area (Å²) in [6, 6.07) is 4.76. The van der Waals surface area contributed by atoms with Crippen molar-refractivity contribution in [3.05, 3.63) is 53.9 Å². The molecule has 0 aliphatic rings. The summed E-state index contributed by atoms with van der Waals surface area (Å²) in [4.78, 5) is 15.3. The van der Waals surface area contributed by atoms with Crippen LogP contribution in [0, 0.1) is 11.6 Å². The Labute approximate surface area is 101 Å². The fourth-order valence-corrected chi connectivity index (χ4v) is 1.39. The highest BCUT2D eigenvalue weighted by Crippen LogP contribution is 2.20. The summed E-state index contributed by atoms with van der Waals surface area (Å²) in [6.45, 7) is 0. The van der Waals surface area contributed by atoms with Crippen molar-refractivity contribution in [1.82, 2.24) is 4.98 Å². The zero-order valence-electron chi connectivity index (χ0n) is 9.15. The van der Waals surface area contributed by atoms with E-state index in [1.54, 1.807) is 0 Å². The van der Waals surface area contributed by atoms with Crippen molar-refractivity contribution >= 4 is 17.3 Å². The van der Waals surface area contributed by atoms with Gasteiger partial charge < -0.3 is 11.1 Å². The summed E-state index contributed by atoms with van der Waals surface area (Å²) in [7, 11) is 0. The highest BCUT2D eigenvalue weighted by molar-refractivity contribution is 6.05. The van der Waals surface area contributed by atoms with Crippen LogP contribution in [0.25, 0.3) is 0 Å². The van der Waals surface area contributed by atoms with E-state index in [2.05, 4.69) is 10.3 Å². The van der Waals surface area contributed by atoms with Gasteiger partial charge in [0.15, 0.2) is 5.82 Å². The van der Waals surface area contributed by atoms with Gasteiger partial charge in [-0.3, -0.25) is 9.78 Å². The van der Waals surface area contributed by atoms with Crippen molar-refractivity contribution in [2.75, 3.05) is 11.1 Å². The molecule has 92 valence electrons. The third-order valence-electron chi connectivity index (χ3n) is 2.28. The van der Waals surface area contributed by atoms with Crippen LogP contribution in [0.2, 0.25) is 0 Å². The zero-order chi connectivity index (χ0) is 13.1. The maximum Gasteiger partial charge on any atom is 0.258 e. The van der Waals surface area contributed by atoms with E-state index in [1.165, 1.54) is 18.3 Å². The molecule has 0 fully saturated rings. The number of aromatic nitrogens is 1. The maximum atomic E-state index is 13.3. The Balaban J connectivity index is 2.27. The van der Waals surface area contributed by atoms with Crippen LogP contribution >= 0.6 is 0 Å². The molecule has 0 aliphatic carbocycles. The number of amides is 1. The average Bonchev–Trinajstić information content (AvgIpc) is 2.34. The number of hydrogen-bond acceptors (Lipinski definition) is 3. The summed E-state index contributed by atoms with van der Waals surface area (Å²) >= 11 is 0. The molecular weight excluding hydrogens is 240 g/mol. The summed E-state index contributed by atoms with van der Waals surface area (Å²) < 4.78 is 26.3. The number of rotatable bonds is 2. The average molecular weight is 249 g/mol. The number of pyridine rings is 1. The first-order valence-corrected chi connectivity index (χ1v) is 5.04. The maximum absolute atomic E-state index is 13.3. The molecule has 2 aromatic rings. The normalized spacial score (nSPS) is 10.1. The number of benzene rings is 1. The molecule has 2 rings (SSSR count). The number of halogens is 2. The summed E-state index contributed by atoms with van der Waals surface area (Å²) in [6.07, 6.45) is 2.21. The number of nitrogens with one attached hydrogen (secondary N) is 1. The Morgan fingerprint density at radius 1 is 1.28 bits per heavy atom. The predicted octanol–water partition coefficient (Wildman–Crippen LogP) is 2.19. The lowest BCUT2D eigenvalue weighted by molar-refractivity contribution is 0.102. The molecule has 0 bridgehead atoms. The van der Waals surface area contributed by atoms with Gasteiger partial charge in [-0.25, -0.2) is 8.78 Å². The summed E-state index contributed by atoms with van der Waals surface area (Å²) in [5.74, 6) is -2.02. The van der Waals surface area contributed by atoms with Crippen LogP contribution in [0.4, 0.5) is 20.2 Å². The molecule has 0 saturated carbocycles. The zero-order valence-corrected chi connectivity index (χ0v) is 9.15. The van der Waals surface area contributed by atoms with Crippen molar-refractivity contribution in [2.24, 2.45) is 0 Å². The van der Waals surface area contributed by atoms with Crippen LogP contribution in [-0.4, -0.2) is 10.9 Å². The highest BCUT2D eigenvalue weighted by atomic mass is 19.1. The number of carbonyl (C=O) groups excluding carboxylic acids is 1. The Morgan fingerprint density at radius 2 is 2.06 bits per heavy atom. The summed E-state index contributed by atoms with van der Waals surface area (Å²) in [5.41, 5.74) is 5.67. The monoisotopic (exact) mass is 249 g/mol. The van der Waals surface area contributed by atoms with E-state index in [-0.39, 0.29) is 16.9 Å². The van der Waals surface area contributed by atoms with E-state index in [0.717, 1.165) is 18.3 Å². The van der Waals surface area contributed by atoms with Crippen molar-refractivity contribution in [3.8, 4) is 0 Å². The number of hydrogen-bond donors (Lipinski definition) is 2. The molecule has 0 radical (unpaired) electrons. The van der Waals surface area contributed by atoms with Gasteiger partial charge in [0.05, 0.1) is 23.1 Å². The third-order valence-corrected chi connectivity index (χ3v) is 2.28. The first-order chi connectivity index (χ1) is 8.58. The van der Waals surface area contributed by atoms with E-state index >= 15 is 0 Å². The van der Waals surface area contributed by atoms with E-state index in [4.69, 9.17) is 5.73 Å². The minimum atomic E-state index is -0.759. The molecule has 6 heteroatoms. The second-order valence-corrected chi connectivity index (χ2v) is 3.54. The number of nitrogens with two attached hydrogens (primary N) is 1. The van der Waals surface area contributed by atoms with Gasteiger partial charge in [0.25, 0.3) is 5.91 Å². The molecule has 1 aromatic carbocycles. The van der Waals surface area contributed by atoms with Gasteiger partial charge in [-0.2, -0.15) is 0 Å². The minimum Gasteiger partial charge on any atom is -0.397 e. The molecule has 0 atom stereocenters. The SMILES string of the molecule is Nc1ccc(F)cc1NC(=O)c1ccncc1F. The number of nitrogen functional groups attached to an aromatic ring is 1. The lowest BCUT2D eigenvalue weighted by Gasteiger charge is -2.08. The lowest BCUT2D eigenvalue weighted by atomic mass is 10.2. The third kappa shape index (κ3) is 2.42. The molecule has 3 N–H and O–H groups in total. The van der Waals surface area contributed by atoms with Gasteiger partial charge in [-0.1, -0.05) is 0 Å². The molecule has 1 aromatic heterocycles. The van der Waals surface area contributed by atoms with E-state index < -0.39 is 17.5 Å². The predicted molar refractivity (Wildman–Crippen MR) is 63.0 cm³/mol. The Hall–Kier alpha value is -2.50. The topological polar surface area (TPSA) is 68.0 Å². The lowest BCUT2D eigenvalue weighted by Crippen LogP contribution is -2.15. The number of nitrogens with zero attached hydrogens (tertiary/aromatic N) is 1. The molecule has 1 heterocycles. The molecule has 0 saturated heterocycles. The smallest absolute Gasteiger partial charge is 0.258 e. The molecular formula is C12H9F2N3O. The fraction of sp³-hybridized carbons (Fsp3) is 0. The standard InChI is InChI=1S/C12H9F2N3O/c13-7-1-2-10(15)11(5-7)17-12(18)8-3-4-16-6-9(8)14/h1-6H,15H2,(H,17,18). The minimum absolute atomic E-state index is 0.0937. The van der Waals surface area contributed by atoms with Crippen LogP contribution in [-0.2, 0) is 0 Å². The van der Waals surface area contributed by atoms with Gasteiger partial charge in [-0.05, 0) is 24.3 Å². The van der Waals surface area contributed by atoms with Gasteiger partial charge in [0.1, 0.15) is 5.82 Å². The van der Waals surface area contributed by atoms with Crippen LogP contribution in [0.15, 0.2) is 36.7 Å². The van der Waals surface area contributed by atoms with Gasteiger partial charge in [0.2, 0.25) is 0 Å². The van der Waals surface area contributed by atoms with E-state index in [1.807, 2.05) is 0 Å². The Bertz CT molecular complexity index is 602. The van der Waals surface area contributed by atoms with E-state index in [9.17, 15) is 13.6 Å². The van der Waals surface area contributed by atoms with Crippen molar-refractivity contribution < 1.29 is 13.6 Å². The number of carbonyl (C=O) groups is 1.